The van der Waals surface area contributed by atoms with Gasteiger partial charge in [-0.3, -0.25) is 4.79 Å². The summed E-state index contributed by atoms with van der Waals surface area (Å²) in [5.74, 6) is 0.669. The predicted octanol–water partition coefficient (Wildman–Crippen LogP) is 2.93. The zero-order chi connectivity index (χ0) is 15.9. The van der Waals surface area contributed by atoms with Crippen LogP contribution < -0.4 is 10.1 Å². The predicted molar refractivity (Wildman–Crippen MR) is 84.8 cm³/mol. The van der Waals surface area contributed by atoms with Crippen molar-refractivity contribution in [3.8, 4) is 11.8 Å². The molecule has 0 fully saturated rings. The number of carbonyl (C=O) groups is 1. The van der Waals surface area contributed by atoms with Crippen LogP contribution >= 0.6 is 0 Å². The van der Waals surface area contributed by atoms with Crippen LogP contribution in [0.15, 0.2) is 48.5 Å². The first-order valence-electron chi connectivity index (χ1n) is 7.06. The van der Waals surface area contributed by atoms with Gasteiger partial charge >= 0.3 is 0 Å². The Labute approximate surface area is 130 Å². The maximum Gasteiger partial charge on any atom is 0.251 e. The van der Waals surface area contributed by atoms with Crippen molar-refractivity contribution < 1.29 is 9.53 Å². The molecule has 0 radical (unpaired) electrons. The van der Waals surface area contributed by atoms with Crippen LogP contribution in [0.3, 0.4) is 0 Å². The Balaban J connectivity index is 1.97. The van der Waals surface area contributed by atoms with Gasteiger partial charge in [0, 0.05) is 11.6 Å². The van der Waals surface area contributed by atoms with Crippen LogP contribution in [0, 0.1) is 11.3 Å². The van der Waals surface area contributed by atoms with E-state index in [2.05, 4.69) is 5.32 Å². The van der Waals surface area contributed by atoms with E-state index in [-0.39, 0.29) is 11.9 Å². The summed E-state index contributed by atoms with van der Waals surface area (Å²) in [6.07, 6.45) is 0.721. The van der Waals surface area contributed by atoms with Gasteiger partial charge in [-0.1, -0.05) is 12.1 Å². The van der Waals surface area contributed by atoms with E-state index in [4.69, 9.17) is 10.00 Å². The van der Waals surface area contributed by atoms with Crippen molar-refractivity contribution in [2.45, 2.75) is 19.4 Å². The number of rotatable bonds is 5. The summed E-state index contributed by atoms with van der Waals surface area (Å²) in [6.45, 7) is 1.96. The topological polar surface area (TPSA) is 62.1 Å². The van der Waals surface area contributed by atoms with Gasteiger partial charge in [0.2, 0.25) is 0 Å². The number of amides is 1. The molecule has 4 heteroatoms. The molecule has 2 aromatic rings. The monoisotopic (exact) mass is 294 g/mol. The van der Waals surface area contributed by atoms with Crippen LogP contribution in [0.4, 0.5) is 0 Å². The number of nitrogens with one attached hydrogen (secondary N) is 1. The Morgan fingerprint density at radius 3 is 2.64 bits per heavy atom. The first-order chi connectivity index (χ1) is 10.6. The van der Waals surface area contributed by atoms with Crippen molar-refractivity contribution in [3.05, 3.63) is 65.2 Å². The fraction of sp³-hybridized carbons (Fsp3) is 0.222. The summed E-state index contributed by atoms with van der Waals surface area (Å²) in [4.78, 5) is 12.1. The lowest BCUT2D eigenvalue weighted by Gasteiger charge is -2.14. The minimum atomic E-state index is -0.139. The lowest BCUT2D eigenvalue weighted by Crippen LogP contribution is -2.34. The third kappa shape index (κ3) is 4.10. The lowest BCUT2D eigenvalue weighted by molar-refractivity contribution is 0.0940. The highest BCUT2D eigenvalue weighted by atomic mass is 16.5. The molecule has 22 heavy (non-hydrogen) atoms. The molecule has 0 bridgehead atoms. The normalized spacial score (nSPS) is 11.3. The number of hydrogen-bond donors (Lipinski definition) is 1. The lowest BCUT2D eigenvalue weighted by atomic mass is 10.1. The zero-order valence-corrected chi connectivity index (χ0v) is 12.7. The molecule has 4 nitrogen and oxygen atoms in total. The molecule has 2 aromatic carbocycles. The van der Waals surface area contributed by atoms with E-state index in [0.29, 0.717) is 11.1 Å². The summed E-state index contributed by atoms with van der Waals surface area (Å²) in [5.41, 5.74) is 2.20. The summed E-state index contributed by atoms with van der Waals surface area (Å²) >= 11 is 0. The second kappa shape index (κ2) is 7.28. The van der Waals surface area contributed by atoms with E-state index in [9.17, 15) is 4.79 Å². The van der Waals surface area contributed by atoms with Crippen LogP contribution in [-0.2, 0) is 6.42 Å². The Morgan fingerprint density at radius 1 is 1.27 bits per heavy atom. The highest BCUT2D eigenvalue weighted by molar-refractivity contribution is 5.94. The van der Waals surface area contributed by atoms with Gasteiger partial charge in [0.05, 0.1) is 18.7 Å². The van der Waals surface area contributed by atoms with E-state index in [1.165, 1.54) is 0 Å². The maximum atomic E-state index is 12.1. The molecule has 0 spiro atoms. The molecule has 1 N–H and O–H groups in total. The molecule has 0 saturated carbocycles. The largest absolute Gasteiger partial charge is 0.497 e. The smallest absolute Gasteiger partial charge is 0.251 e. The van der Waals surface area contributed by atoms with Gasteiger partial charge < -0.3 is 10.1 Å². The fourth-order valence-corrected chi connectivity index (χ4v) is 2.21. The van der Waals surface area contributed by atoms with Crippen molar-refractivity contribution >= 4 is 5.91 Å². The highest BCUT2D eigenvalue weighted by Crippen LogP contribution is 2.14. The number of nitrogens with zero attached hydrogens (tertiary/aromatic N) is 1. The molecular formula is C18H18N2O2. The minimum absolute atomic E-state index is 0.00440. The first kappa shape index (κ1) is 15.6. The summed E-state index contributed by atoms with van der Waals surface area (Å²) in [7, 11) is 1.63. The van der Waals surface area contributed by atoms with E-state index in [0.717, 1.165) is 17.7 Å². The standard InChI is InChI=1S/C18H18N2O2/c1-13(10-15-4-3-5-17(11-15)22-2)20-18(21)16-8-6-14(12-19)7-9-16/h3-9,11,13H,10H2,1-2H3,(H,20,21). The molecule has 0 aromatic heterocycles. The molecule has 112 valence electrons. The van der Waals surface area contributed by atoms with E-state index < -0.39 is 0 Å². The molecule has 1 atom stereocenters. The quantitative estimate of drug-likeness (QED) is 0.922. The Kier molecular flexibility index (Phi) is 5.16. The number of carbonyl (C=O) groups excluding carboxylic acids is 1. The minimum Gasteiger partial charge on any atom is -0.497 e. The Morgan fingerprint density at radius 2 is 2.00 bits per heavy atom. The maximum absolute atomic E-state index is 12.1. The summed E-state index contributed by atoms with van der Waals surface area (Å²) in [6, 6.07) is 16.4. The molecule has 0 aliphatic rings. The van der Waals surface area contributed by atoms with Crippen LogP contribution in [0.25, 0.3) is 0 Å². The number of benzene rings is 2. The third-order valence-electron chi connectivity index (χ3n) is 3.33. The zero-order valence-electron chi connectivity index (χ0n) is 12.7. The van der Waals surface area contributed by atoms with Gasteiger partial charge in [0.1, 0.15) is 5.75 Å². The van der Waals surface area contributed by atoms with Gasteiger partial charge in [0.25, 0.3) is 5.91 Å². The molecule has 0 saturated heterocycles. The third-order valence-corrected chi connectivity index (χ3v) is 3.33. The summed E-state index contributed by atoms with van der Waals surface area (Å²) in [5, 5.41) is 11.7. The van der Waals surface area contributed by atoms with Crippen molar-refractivity contribution in [1.82, 2.24) is 5.32 Å². The molecule has 0 heterocycles. The number of methoxy groups -OCH3 is 1. The molecule has 1 unspecified atom stereocenters. The van der Waals surface area contributed by atoms with Crippen LogP contribution in [0.5, 0.6) is 5.75 Å². The summed E-state index contributed by atoms with van der Waals surface area (Å²) < 4.78 is 5.19. The van der Waals surface area contributed by atoms with Crippen LogP contribution in [-0.4, -0.2) is 19.1 Å². The van der Waals surface area contributed by atoms with Crippen molar-refractivity contribution in [3.63, 3.8) is 0 Å². The van der Waals surface area contributed by atoms with Gasteiger partial charge in [-0.25, -0.2) is 0 Å². The van der Waals surface area contributed by atoms with Crippen LogP contribution in [0.2, 0.25) is 0 Å². The molecule has 1 amide bonds. The number of nitriles is 1. The van der Waals surface area contributed by atoms with Gasteiger partial charge in [-0.15, -0.1) is 0 Å². The van der Waals surface area contributed by atoms with Gasteiger partial charge in [0.15, 0.2) is 0 Å². The molecule has 0 aliphatic carbocycles. The fourth-order valence-electron chi connectivity index (χ4n) is 2.21. The van der Waals surface area contributed by atoms with Crippen molar-refractivity contribution in [2.24, 2.45) is 0 Å². The average Bonchev–Trinajstić information content (AvgIpc) is 2.55. The second-order valence-electron chi connectivity index (χ2n) is 5.12. The Bertz CT molecular complexity index is 687. The average molecular weight is 294 g/mol. The van der Waals surface area contributed by atoms with Crippen molar-refractivity contribution in [2.75, 3.05) is 7.11 Å². The highest BCUT2D eigenvalue weighted by Gasteiger charge is 2.10. The van der Waals surface area contributed by atoms with Gasteiger partial charge in [-0.05, 0) is 55.3 Å². The molecule has 2 rings (SSSR count). The SMILES string of the molecule is COc1cccc(CC(C)NC(=O)c2ccc(C#N)cc2)c1. The van der Waals surface area contributed by atoms with Crippen molar-refractivity contribution in [1.29, 1.82) is 5.26 Å². The first-order valence-corrected chi connectivity index (χ1v) is 7.06. The van der Waals surface area contributed by atoms with E-state index in [1.807, 2.05) is 37.3 Å². The van der Waals surface area contributed by atoms with Crippen LogP contribution in [0.1, 0.15) is 28.4 Å². The van der Waals surface area contributed by atoms with Gasteiger partial charge in [-0.2, -0.15) is 5.26 Å². The Hall–Kier alpha value is -2.80. The van der Waals surface area contributed by atoms with E-state index in [1.54, 1.807) is 31.4 Å². The molecular weight excluding hydrogens is 276 g/mol. The second-order valence-corrected chi connectivity index (χ2v) is 5.12. The van der Waals surface area contributed by atoms with E-state index >= 15 is 0 Å². The number of hydrogen-bond acceptors (Lipinski definition) is 3. The molecule has 0 aliphatic heterocycles. The number of ether oxygens (including phenoxy) is 1.